The topological polar surface area (TPSA) is 51.6 Å². The molecule has 0 aliphatic heterocycles. The molecule has 2 rings (SSSR count). The minimum atomic E-state index is -0.928. The van der Waals surface area contributed by atoms with Crippen LogP contribution in [0, 0.1) is 0 Å². The van der Waals surface area contributed by atoms with E-state index in [0.717, 1.165) is 22.7 Å². The Morgan fingerprint density at radius 2 is 2.05 bits per heavy atom. The molecule has 0 aliphatic rings. The van der Waals surface area contributed by atoms with Gasteiger partial charge in [-0.2, -0.15) is 0 Å². The highest BCUT2D eigenvalue weighted by atomic mass is 32.1. The highest BCUT2D eigenvalue weighted by molar-refractivity contribution is 7.13. The van der Waals surface area contributed by atoms with Crippen LogP contribution in [0.4, 0.5) is 0 Å². The normalized spacial score (nSPS) is 11.5. The second-order valence-corrected chi connectivity index (χ2v) is 6.17. The van der Waals surface area contributed by atoms with Crippen molar-refractivity contribution in [2.75, 3.05) is 13.7 Å². The molecule has 0 unspecified atom stereocenters. The highest BCUT2D eigenvalue weighted by Crippen LogP contribution is 2.35. The van der Waals surface area contributed by atoms with Crippen LogP contribution in [0.1, 0.15) is 32.9 Å². The molecule has 0 saturated heterocycles. The van der Waals surface area contributed by atoms with E-state index in [4.69, 9.17) is 9.47 Å². The number of methoxy groups -OCH3 is 1. The monoisotopic (exact) mass is 307 g/mol. The fourth-order valence-electron chi connectivity index (χ4n) is 1.82. The SMILES string of the molecule is CCCOc1cc(-c2nc(C(C)(C)O)cs2)ccc1OC. The zero-order chi connectivity index (χ0) is 15.5. The molecule has 0 spiro atoms. The fraction of sp³-hybridized carbons (Fsp3) is 0.438. The molecule has 0 aliphatic carbocycles. The number of ether oxygens (including phenoxy) is 2. The van der Waals surface area contributed by atoms with Crippen LogP contribution in [0.15, 0.2) is 23.6 Å². The Balaban J connectivity index is 2.33. The summed E-state index contributed by atoms with van der Waals surface area (Å²) in [5.41, 5.74) is 0.708. The number of rotatable bonds is 6. The molecule has 2 aromatic rings. The molecule has 1 N–H and O–H groups in total. The molecule has 21 heavy (non-hydrogen) atoms. The maximum absolute atomic E-state index is 10.0. The molecule has 1 aromatic heterocycles. The van der Waals surface area contributed by atoms with Gasteiger partial charge in [0.2, 0.25) is 0 Å². The average molecular weight is 307 g/mol. The summed E-state index contributed by atoms with van der Waals surface area (Å²) in [6, 6.07) is 5.76. The Labute approximate surface area is 129 Å². The van der Waals surface area contributed by atoms with Crippen molar-refractivity contribution in [2.24, 2.45) is 0 Å². The maximum Gasteiger partial charge on any atom is 0.161 e. The Hall–Kier alpha value is -1.59. The zero-order valence-corrected chi connectivity index (χ0v) is 13.7. The van der Waals surface area contributed by atoms with E-state index in [9.17, 15) is 5.11 Å². The van der Waals surface area contributed by atoms with E-state index in [-0.39, 0.29) is 0 Å². The van der Waals surface area contributed by atoms with Crippen molar-refractivity contribution in [3.63, 3.8) is 0 Å². The van der Waals surface area contributed by atoms with Gasteiger partial charge in [-0.15, -0.1) is 11.3 Å². The molecule has 0 bridgehead atoms. The standard InChI is InChI=1S/C16H21NO3S/c1-5-8-20-13-9-11(6-7-12(13)19-4)15-17-14(10-21-15)16(2,3)18/h6-7,9-10,18H,5,8H2,1-4H3. The van der Waals surface area contributed by atoms with Crippen LogP contribution in [0.5, 0.6) is 11.5 Å². The van der Waals surface area contributed by atoms with E-state index in [1.165, 1.54) is 11.3 Å². The smallest absolute Gasteiger partial charge is 0.161 e. The molecular weight excluding hydrogens is 286 g/mol. The summed E-state index contributed by atoms with van der Waals surface area (Å²) < 4.78 is 11.0. The maximum atomic E-state index is 10.0. The van der Waals surface area contributed by atoms with Crippen molar-refractivity contribution < 1.29 is 14.6 Å². The van der Waals surface area contributed by atoms with Gasteiger partial charge >= 0.3 is 0 Å². The van der Waals surface area contributed by atoms with Gasteiger partial charge in [-0.3, -0.25) is 0 Å². The lowest BCUT2D eigenvalue weighted by Gasteiger charge is -2.13. The summed E-state index contributed by atoms with van der Waals surface area (Å²) in [5.74, 6) is 1.43. The number of benzene rings is 1. The van der Waals surface area contributed by atoms with Gasteiger partial charge in [0.1, 0.15) is 10.6 Å². The predicted octanol–water partition coefficient (Wildman–Crippen LogP) is 3.83. The number of aromatic nitrogens is 1. The summed E-state index contributed by atoms with van der Waals surface area (Å²) >= 11 is 1.51. The van der Waals surface area contributed by atoms with Crippen LogP contribution < -0.4 is 9.47 Å². The molecule has 0 amide bonds. The van der Waals surface area contributed by atoms with Gasteiger partial charge in [-0.05, 0) is 38.5 Å². The Morgan fingerprint density at radius 1 is 1.29 bits per heavy atom. The number of aliphatic hydroxyl groups is 1. The molecule has 114 valence electrons. The van der Waals surface area contributed by atoms with E-state index in [2.05, 4.69) is 11.9 Å². The van der Waals surface area contributed by atoms with Crippen LogP contribution in [0.3, 0.4) is 0 Å². The quantitative estimate of drug-likeness (QED) is 0.881. The second-order valence-electron chi connectivity index (χ2n) is 5.31. The van der Waals surface area contributed by atoms with E-state index < -0.39 is 5.60 Å². The molecule has 4 nitrogen and oxygen atoms in total. The minimum Gasteiger partial charge on any atom is -0.493 e. The molecule has 0 atom stereocenters. The first kappa shape index (κ1) is 15.8. The second kappa shape index (κ2) is 6.45. The van der Waals surface area contributed by atoms with Crippen LogP contribution in [-0.2, 0) is 5.60 Å². The molecule has 5 heteroatoms. The summed E-state index contributed by atoms with van der Waals surface area (Å²) in [6.07, 6.45) is 0.938. The van der Waals surface area contributed by atoms with E-state index >= 15 is 0 Å². The molecule has 1 heterocycles. The lowest BCUT2D eigenvalue weighted by atomic mass is 10.1. The van der Waals surface area contributed by atoms with Gasteiger partial charge < -0.3 is 14.6 Å². The van der Waals surface area contributed by atoms with Crippen molar-refractivity contribution in [1.29, 1.82) is 0 Å². The van der Waals surface area contributed by atoms with Crippen LogP contribution in [-0.4, -0.2) is 23.8 Å². The molecule has 0 saturated carbocycles. The average Bonchev–Trinajstić information content (AvgIpc) is 2.94. The number of hydrogen-bond donors (Lipinski definition) is 1. The molecule has 1 aromatic carbocycles. The summed E-state index contributed by atoms with van der Waals surface area (Å²) in [4.78, 5) is 4.50. The lowest BCUT2D eigenvalue weighted by Crippen LogP contribution is -2.15. The van der Waals surface area contributed by atoms with E-state index in [0.29, 0.717) is 18.1 Å². The van der Waals surface area contributed by atoms with Crippen molar-refractivity contribution in [3.8, 4) is 22.1 Å². The lowest BCUT2D eigenvalue weighted by molar-refractivity contribution is 0.0746. The van der Waals surface area contributed by atoms with Gasteiger partial charge in [0.25, 0.3) is 0 Å². The third-order valence-electron chi connectivity index (χ3n) is 3.00. The zero-order valence-electron chi connectivity index (χ0n) is 12.8. The van der Waals surface area contributed by atoms with E-state index in [1.54, 1.807) is 21.0 Å². The van der Waals surface area contributed by atoms with Crippen LogP contribution in [0.25, 0.3) is 10.6 Å². The Kier molecular flexibility index (Phi) is 4.85. The van der Waals surface area contributed by atoms with Crippen LogP contribution in [0.2, 0.25) is 0 Å². The molecular formula is C16H21NO3S. The van der Waals surface area contributed by atoms with Crippen molar-refractivity contribution >= 4 is 11.3 Å². The van der Waals surface area contributed by atoms with Gasteiger partial charge in [0.15, 0.2) is 11.5 Å². The minimum absolute atomic E-state index is 0.645. The molecule has 0 fully saturated rings. The summed E-state index contributed by atoms with van der Waals surface area (Å²) in [7, 11) is 1.63. The van der Waals surface area contributed by atoms with Crippen molar-refractivity contribution in [2.45, 2.75) is 32.8 Å². The number of hydrogen-bond acceptors (Lipinski definition) is 5. The predicted molar refractivity (Wildman–Crippen MR) is 85.1 cm³/mol. The number of thiazole rings is 1. The molecule has 0 radical (unpaired) electrons. The Bertz CT molecular complexity index is 602. The largest absolute Gasteiger partial charge is 0.493 e. The van der Waals surface area contributed by atoms with Crippen molar-refractivity contribution in [3.05, 3.63) is 29.3 Å². The highest BCUT2D eigenvalue weighted by Gasteiger charge is 2.20. The fourth-order valence-corrected chi connectivity index (χ4v) is 2.80. The van der Waals surface area contributed by atoms with Crippen molar-refractivity contribution in [1.82, 2.24) is 4.98 Å². The third-order valence-corrected chi connectivity index (χ3v) is 3.89. The van der Waals surface area contributed by atoms with E-state index in [1.807, 2.05) is 23.6 Å². The first-order valence-electron chi connectivity index (χ1n) is 6.95. The third kappa shape index (κ3) is 3.74. The van der Waals surface area contributed by atoms with Gasteiger partial charge in [0.05, 0.1) is 19.4 Å². The van der Waals surface area contributed by atoms with Crippen LogP contribution >= 0.6 is 11.3 Å². The number of nitrogens with zero attached hydrogens (tertiary/aromatic N) is 1. The first-order chi connectivity index (χ1) is 9.95. The summed E-state index contributed by atoms with van der Waals surface area (Å²) in [6.45, 7) is 6.17. The van der Waals surface area contributed by atoms with Gasteiger partial charge in [0, 0.05) is 10.9 Å². The van der Waals surface area contributed by atoms with Gasteiger partial charge in [-0.25, -0.2) is 4.98 Å². The Morgan fingerprint density at radius 3 is 2.62 bits per heavy atom. The summed E-state index contributed by atoms with van der Waals surface area (Å²) in [5, 5.41) is 12.7. The van der Waals surface area contributed by atoms with Gasteiger partial charge in [-0.1, -0.05) is 6.92 Å². The first-order valence-corrected chi connectivity index (χ1v) is 7.83.